The topological polar surface area (TPSA) is 53.3 Å². The third kappa shape index (κ3) is 2.64. The molecule has 1 aromatic heterocycles. The van der Waals surface area contributed by atoms with E-state index in [1.165, 1.54) is 10.4 Å². The molecule has 1 atom stereocenters. The summed E-state index contributed by atoms with van der Waals surface area (Å²) in [6, 6.07) is 4.11. The van der Waals surface area contributed by atoms with Gasteiger partial charge in [0.25, 0.3) is 5.91 Å². The lowest BCUT2D eigenvalue weighted by molar-refractivity contribution is 0.00369. The molecule has 0 spiro atoms. The number of carbonyl (C=O) groups excluding carboxylic acids is 1. The van der Waals surface area contributed by atoms with E-state index in [4.69, 9.17) is 10.00 Å². The molecule has 3 heterocycles. The molecule has 1 saturated heterocycles. The Morgan fingerprint density at radius 2 is 2.47 bits per heavy atom. The van der Waals surface area contributed by atoms with Gasteiger partial charge >= 0.3 is 0 Å². The zero-order chi connectivity index (χ0) is 13.2. The van der Waals surface area contributed by atoms with Gasteiger partial charge in [-0.05, 0) is 23.8 Å². The number of morpholine rings is 1. The fourth-order valence-electron chi connectivity index (χ4n) is 2.32. The Morgan fingerprint density at radius 1 is 1.58 bits per heavy atom. The number of nitrogens with zero attached hydrogens (tertiary/aromatic N) is 2. The standard InChI is InChI=1S/C13H14N2O2S2/c14-6-10-7-15(2-3-17-10)13(16)12-5-9-8-18-4-1-11(9)19-12/h5,10H,1-4,7-8H2. The molecule has 0 aromatic carbocycles. The number of amides is 1. The average molecular weight is 294 g/mol. The molecule has 3 rings (SSSR count). The third-order valence-electron chi connectivity index (χ3n) is 3.34. The smallest absolute Gasteiger partial charge is 0.264 e. The monoisotopic (exact) mass is 294 g/mol. The van der Waals surface area contributed by atoms with Crippen LogP contribution in [0.25, 0.3) is 0 Å². The summed E-state index contributed by atoms with van der Waals surface area (Å²) in [5.41, 5.74) is 1.31. The van der Waals surface area contributed by atoms with Gasteiger partial charge in [-0.25, -0.2) is 0 Å². The van der Waals surface area contributed by atoms with Crippen molar-refractivity contribution in [2.45, 2.75) is 18.3 Å². The average Bonchev–Trinajstić information content (AvgIpc) is 2.90. The van der Waals surface area contributed by atoms with E-state index in [0.29, 0.717) is 19.7 Å². The van der Waals surface area contributed by atoms with Gasteiger partial charge in [-0.2, -0.15) is 17.0 Å². The molecule has 2 aliphatic rings. The largest absolute Gasteiger partial charge is 0.360 e. The molecular weight excluding hydrogens is 280 g/mol. The highest BCUT2D eigenvalue weighted by Gasteiger charge is 2.27. The Kier molecular flexibility index (Phi) is 3.78. The number of hydrogen-bond donors (Lipinski definition) is 0. The Morgan fingerprint density at radius 3 is 3.26 bits per heavy atom. The zero-order valence-corrected chi connectivity index (χ0v) is 12.1. The van der Waals surface area contributed by atoms with Crippen molar-refractivity contribution in [3.8, 4) is 6.07 Å². The van der Waals surface area contributed by atoms with Gasteiger partial charge in [0.15, 0.2) is 6.10 Å². The second-order valence-electron chi connectivity index (χ2n) is 4.60. The van der Waals surface area contributed by atoms with Crippen LogP contribution < -0.4 is 0 Å². The first-order chi connectivity index (χ1) is 9.28. The number of thiophene rings is 1. The van der Waals surface area contributed by atoms with Crippen LogP contribution in [0.4, 0.5) is 0 Å². The van der Waals surface area contributed by atoms with Crippen LogP contribution >= 0.6 is 23.1 Å². The first-order valence-electron chi connectivity index (χ1n) is 6.28. The Hall–Kier alpha value is -1.03. The molecule has 0 N–H and O–H groups in total. The summed E-state index contributed by atoms with van der Waals surface area (Å²) in [5, 5.41) is 8.88. The van der Waals surface area contributed by atoms with Crippen LogP contribution in [0, 0.1) is 11.3 Å². The number of nitriles is 1. The van der Waals surface area contributed by atoms with Crippen molar-refractivity contribution in [3.05, 3.63) is 21.4 Å². The summed E-state index contributed by atoms with van der Waals surface area (Å²) >= 11 is 3.54. The summed E-state index contributed by atoms with van der Waals surface area (Å²) < 4.78 is 5.27. The van der Waals surface area contributed by atoms with Crippen LogP contribution in [0.15, 0.2) is 6.07 Å². The minimum absolute atomic E-state index is 0.0490. The summed E-state index contributed by atoms with van der Waals surface area (Å²) in [4.78, 5) is 16.3. The second kappa shape index (κ2) is 5.53. The lowest BCUT2D eigenvalue weighted by Gasteiger charge is -2.29. The van der Waals surface area contributed by atoms with Gasteiger partial charge in [-0.1, -0.05) is 0 Å². The lowest BCUT2D eigenvalue weighted by atomic mass is 10.2. The number of hydrogen-bond acceptors (Lipinski definition) is 5. The van der Waals surface area contributed by atoms with Crippen molar-refractivity contribution < 1.29 is 9.53 Å². The maximum Gasteiger partial charge on any atom is 0.264 e. The fraction of sp³-hybridized carbons (Fsp3) is 0.538. The molecule has 0 aliphatic carbocycles. The van der Waals surface area contributed by atoms with Crippen molar-refractivity contribution in [2.24, 2.45) is 0 Å². The molecule has 100 valence electrons. The van der Waals surface area contributed by atoms with Crippen molar-refractivity contribution in [1.82, 2.24) is 4.90 Å². The van der Waals surface area contributed by atoms with Crippen LogP contribution in [-0.4, -0.2) is 42.4 Å². The van der Waals surface area contributed by atoms with Crippen LogP contribution in [0.2, 0.25) is 0 Å². The lowest BCUT2D eigenvalue weighted by Crippen LogP contribution is -2.44. The van der Waals surface area contributed by atoms with Crippen molar-refractivity contribution in [3.63, 3.8) is 0 Å². The van der Waals surface area contributed by atoms with Gasteiger partial charge in [0, 0.05) is 17.2 Å². The molecule has 4 nitrogen and oxygen atoms in total. The van der Waals surface area contributed by atoms with Crippen LogP contribution in [-0.2, 0) is 16.9 Å². The maximum absolute atomic E-state index is 12.4. The normalized spacial score (nSPS) is 22.7. The predicted octanol–water partition coefficient (Wildman–Crippen LogP) is 1.90. The number of rotatable bonds is 1. The van der Waals surface area contributed by atoms with E-state index in [2.05, 4.69) is 6.07 Å². The number of carbonyl (C=O) groups is 1. The van der Waals surface area contributed by atoms with Crippen LogP contribution in [0.5, 0.6) is 0 Å². The molecule has 6 heteroatoms. The number of ether oxygens (including phenoxy) is 1. The molecule has 1 amide bonds. The van der Waals surface area contributed by atoms with Gasteiger partial charge in [0.05, 0.1) is 24.1 Å². The number of thioether (sulfide) groups is 1. The SMILES string of the molecule is N#CC1CN(C(=O)c2cc3c(s2)CCSC3)CCO1. The maximum atomic E-state index is 12.4. The van der Waals surface area contributed by atoms with Crippen molar-refractivity contribution >= 4 is 29.0 Å². The van der Waals surface area contributed by atoms with E-state index < -0.39 is 6.10 Å². The van der Waals surface area contributed by atoms with E-state index in [-0.39, 0.29) is 5.91 Å². The quantitative estimate of drug-likeness (QED) is 0.794. The van der Waals surface area contributed by atoms with Crippen molar-refractivity contribution in [2.75, 3.05) is 25.4 Å². The summed E-state index contributed by atoms with van der Waals surface area (Å²) in [6.45, 7) is 1.41. The molecule has 1 unspecified atom stereocenters. The van der Waals surface area contributed by atoms with E-state index in [1.807, 2.05) is 17.8 Å². The first kappa shape index (κ1) is 13.0. The minimum atomic E-state index is -0.483. The third-order valence-corrected chi connectivity index (χ3v) is 5.57. The summed E-state index contributed by atoms with van der Waals surface area (Å²) in [6.07, 6.45) is 0.588. The van der Waals surface area contributed by atoms with Crippen molar-refractivity contribution in [1.29, 1.82) is 5.26 Å². The highest BCUT2D eigenvalue weighted by atomic mass is 32.2. The Labute approximate surface area is 120 Å². The van der Waals surface area contributed by atoms with Gasteiger partial charge in [-0.3, -0.25) is 4.79 Å². The van der Waals surface area contributed by atoms with Crippen LogP contribution in [0.3, 0.4) is 0 Å². The second-order valence-corrected chi connectivity index (χ2v) is 6.84. The van der Waals surface area contributed by atoms with Gasteiger partial charge in [0.2, 0.25) is 0 Å². The summed E-state index contributed by atoms with van der Waals surface area (Å²) in [5.74, 6) is 2.21. The van der Waals surface area contributed by atoms with Crippen LogP contribution in [0.1, 0.15) is 20.1 Å². The van der Waals surface area contributed by atoms with E-state index in [0.717, 1.165) is 22.8 Å². The molecule has 1 fully saturated rings. The van der Waals surface area contributed by atoms with Gasteiger partial charge < -0.3 is 9.64 Å². The summed E-state index contributed by atoms with van der Waals surface area (Å²) in [7, 11) is 0. The highest BCUT2D eigenvalue weighted by Crippen LogP contribution is 2.32. The predicted molar refractivity (Wildman–Crippen MR) is 75.4 cm³/mol. The van der Waals surface area contributed by atoms with Gasteiger partial charge in [-0.15, -0.1) is 11.3 Å². The molecule has 2 aliphatic heterocycles. The molecule has 0 bridgehead atoms. The highest BCUT2D eigenvalue weighted by molar-refractivity contribution is 7.98. The van der Waals surface area contributed by atoms with E-state index in [9.17, 15) is 4.79 Å². The molecule has 19 heavy (non-hydrogen) atoms. The zero-order valence-electron chi connectivity index (χ0n) is 10.4. The molecule has 0 radical (unpaired) electrons. The Balaban J connectivity index is 1.76. The fourth-order valence-corrected chi connectivity index (χ4v) is 4.66. The number of fused-ring (bicyclic) bond motifs is 1. The Bertz CT molecular complexity index is 512. The van der Waals surface area contributed by atoms with E-state index in [1.54, 1.807) is 16.2 Å². The van der Waals surface area contributed by atoms with Gasteiger partial charge in [0.1, 0.15) is 0 Å². The molecule has 1 aromatic rings. The number of aryl methyl sites for hydroxylation is 1. The molecule has 0 saturated carbocycles. The molecular formula is C13H14N2O2S2. The van der Waals surface area contributed by atoms with E-state index >= 15 is 0 Å². The minimum Gasteiger partial charge on any atom is -0.360 e. The first-order valence-corrected chi connectivity index (χ1v) is 8.25.